The average molecular weight is 404 g/mol. The molecule has 9 heteroatoms. The van der Waals surface area contributed by atoms with Crippen molar-refractivity contribution in [3.05, 3.63) is 65.1 Å². The van der Waals surface area contributed by atoms with Crippen LogP contribution >= 0.6 is 0 Å². The molecular formula is C21H20N6O3. The van der Waals surface area contributed by atoms with Crippen molar-refractivity contribution in [2.75, 3.05) is 7.11 Å². The minimum Gasteiger partial charge on any atom is -0.418 e. The van der Waals surface area contributed by atoms with Gasteiger partial charge in [-0.1, -0.05) is 6.07 Å². The molecule has 0 unspecified atom stereocenters. The van der Waals surface area contributed by atoms with Crippen molar-refractivity contribution in [2.45, 2.75) is 32.4 Å². The molecular weight excluding hydrogens is 384 g/mol. The molecule has 9 nitrogen and oxygen atoms in total. The molecule has 4 aromatic rings. The molecule has 1 aromatic carbocycles. The molecule has 152 valence electrons. The van der Waals surface area contributed by atoms with Crippen molar-refractivity contribution in [3.8, 4) is 11.5 Å². The van der Waals surface area contributed by atoms with Crippen molar-refractivity contribution >= 4 is 11.7 Å². The molecule has 0 radical (unpaired) electrons. The summed E-state index contributed by atoms with van der Waals surface area (Å²) in [5.41, 5.74) is 4.57. The second-order valence-corrected chi connectivity index (χ2v) is 7.36. The van der Waals surface area contributed by atoms with E-state index in [0.717, 1.165) is 29.5 Å². The van der Waals surface area contributed by atoms with E-state index in [0.29, 0.717) is 23.3 Å². The number of rotatable bonds is 5. The number of hydrogen-bond acceptors (Lipinski definition) is 7. The van der Waals surface area contributed by atoms with Gasteiger partial charge in [0.1, 0.15) is 12.3 Å². The van der Waals surface area contributed by atoms with Gasteiger partial charge in [-0.2, -0.15) is 0 Å². The quantitative estimate of drug-likeness (QED) is 0.545. The summed E-state index contributed by atoms with van der Waals surface area (Å²) in [6.45, 7) is 2.21. The number of nitrogens with one attached hydrogen (secondary N) is 1. The van der Waals surface area contributed by atoms with E-state index in [1.165, 1.54) is 5.56 Å². The Hall–Kier alpha value is -3.59. The molecule has 3 heterocycles. The molecule has 1 aliphatic rings. The first-order chi connectivity index (χ1) is 14.6. The highest BCUT2D eigenvalue weighted by molar-refractivity contribution is 5.93. The Morgan fingerprint density at radius 3 is 3.03 bits per heavy atom. The fourth-order valence-electron chi connectivity index (χ4n) is 3.82. The lowest BCUT2D eigenvalue weighted by Crippen LogP contribution is -2.28. The van der Waals surface area contributed by atoms with E-state index in [2.05, 4.69) is 25.5 Å². The van der Waals surface area contributed by atoms with Crippen molar-refractivity contribution < 1.29 is 13.9 Å². The first-order valence-corrected chi connectivity index (χ1v) is 9.67. The van der Waals surface area contributed by atoms with Crippen LogP contribution in [0.25, 0.3) is 17.2 Å². The van der Waals surface area contributed by atoms with Crippen molar-refractivity contribution in [1.82, 2.24) is 29.9 Å². The molecule has 0 fully saturated rings. The summed E-state index contributed by atoms with van der Waals surface area (Å²) in [6.07, 6.45) is 6.85. The number of aryl methyl sites for hydroxylation is 2. The third-order valence-corrected chi connectivity index (χ3v) is 5.23. The van der Waals surface area contributed by atoms with E-state index in [1.54, 1.807) is 23.9 Å². The molecule has 1 amide bonds. The van der Waals surface area contributed by atoms with Gasteiger partial charge in [0, 0.05) is 25.1 Å². The highest BCUT2D eigenvalue weighted by Crippen LogP contribution is 2.34. The highest BCUT2D eigenvalue weighted by Gasteiger charge is 2.26. The predicted molar refractivity (Wildman–Crippen MR) is 107 cm³/mol. The monoisotopic (exact) mass is 404 g/mol. The molecule has 3 aromatic heterocycles. The Morgan fingerprint density at radius 2 is 2.17 bits per heavy atom. The van der Waals surface area contributed by atoms with Crippen LogP contribution in [0.2, 0.25) is 0 Å². The number of carbonyl (C=O) groups is 1. The number of fused-ring (bicyclic) bond motifs is 2. The van der Waals surface area contributed by atoms with Crippen LogP contribution in [0, 0.1) is 6.92 Å². The SMILES string of the molecule is COCc1nnc(-c2ccc3c(c2)CC[C@H]3NC(=O)c2cnc3ncc(C)cn23)o1. The van der Waals surface area contributed by atoms with Crippen LogP contribution in [0.5, 0.6) is 0 Å². The molecule has 0 saturated heterocycles. The molecule has 1 atom stereocenters. The van der Waals surface area contributed by atoms with Gasteiger partial charge in [-0.05, 0) is 48.6 Å². The van der Waals surface area contributed by atoms with Crippen LogP contribution in [0.15, 0.2) is 41.2 Å². The second kappa shape index (κ2) is 7.34. The van der Waals surface area contributed by atoms with Crippen molar-refractivity contribution in [1.29, 1.82) is 0 Å². The van der Waals surface area contributed by atoms with Crippen LogP contribution in [0.1, 0.15) is 45.5 Å². The Morgan fingerprint density at radius 1 is 1.30 bits per heavy atom. The van der Waals surface area contributed by atoms with Crippen molar-refractivity contribution in [2.24, 2.45) is 0 Å². The number of methoxy groups -OCH3 is 1. The molecule has 30 heavy (non-hydrogen) atoms. The molecule has 0 bridgehead atoms. The van der Waals surface area contributed by atoms with E-state index < -0.39 is 0 Å². The maximum atomic E-state index is 12.9. The number of benzene rings is 1. The standard InChI is InChI=1S/C21H20N6O3/c1-12-8-22-21-23-9-17(27(21)10-12)19(28)24-16-6-4-13-7-14(3-5-15(13)16)20-26-25-18(30-20)11-29-2/h3,5,7-10,16H,4,6,11H2,1-2H3,(H,24,28)/t16-/m1/s1. The lowest BCUT2D eigenvalue weighted by molar-refractivity contribution is 0.0930. The fourth-order valence-corrected chi connectivity index (χ4v) is 3.82. The maximum absolute atomic E-state index is 12.9. The van der Waals surface area contributed by atoms with Gasteiger partial charge < -0.3 is 14.5 Å². The number of carbonyl (C=O) groups excluding carboxylic acids is 1. The number of aromatic nitrogens is 5. The second-order valence-electron chi connectivity index (χ2n) is 7.36. The smallest absolute Gasteiger partial charge is 0.270 e. The van der Waals surface area contributed by atoms with Gasteiger partial charge in [0.05, 0.1) is 12.2 Å². The molecule has 5 rings (SSSR count). The van der Waals surface area contributed by atoms with Gasteiger partial charge >= 0.3 is 0 Å². The van der Waals surface area contributed by atoms with E-state index in [4.69, 9.17) is 9.15 Å². The minimum absolute atomic E-state index is 0.0587. The first-order valence-electron chi connectivity index (χ1n) is 9.67. The summed E-state index contributed by atoms with van der Waals surface area (Å²) in [6, 6.07) is 5.95. The third kappa shape index (κ3) is 3.22. The molecule has 0 saturated carbocycles. The van der Waals surface area contributed by atoms with Crippen LogP contribution in [-0.2, 0) is 17.8 Å². The van der Waals surface area contributed by atoms with Gasteiger partial charge in [0.15, 0.2) is 0 Å². The van der Waals surface area contributed by atoms with E-state index >= 15 is 0 Å². The molecule has 1 N–H and O–H groups in total. The van der Waals surface area contributed by atoms with E-state index in [9.17, 15) is 4.79 Å². The Bertz CT molecular complexity index is 1240. The Kier molecular flexibility index (Phi) is 4.51. The highest BCUT2D eigenvalue weighted by atomic mass is 16.5. The number of imidazole rings is 1. The van der Waals surface area contributed by atoms with Gasteiger partial charge in [-0.3, -0.25) is 9.20 Å². The predicted octanol–water partition coefficient (Wildman–Crippen LogP) is 2.65. The zero-order chi connectivity index (χ0) is 20.7. The zero-order valence-electron chi connectivity index (χ0n) is 16.6. The topological polar surface area (TPSA) is 107 Å². The number of ether oxygens (including phenoxy) is 1. The Labute approximate surface area is 172 Å². The van der Waals surface area contributed by atoms with Crippen LogP contribution in [0.4, 0.5) is 0 Å². The molecule has 0 aliphatic heterocycles. The number of hydrogen-bond donors (Lipinski definition) is 1. The first kappa shape index (κ1) is 18.4. The number of amides is 1. The summed E-state index contributed by atoms with van der Waals surface area (Å²) in [5.74, 6) is 1.24. The van der Waals surface area contributed by atoms with E-state index in [-0.39, 0.29) is 18.6 Å². The van der Waals surface area contributed by atoms with Crippen LogP contribution in [-0.4, -0.2) is 37.6 Å². The Balaban J connectivity index is 1.36. The lowest BCUT2D eigenvalue weighted by Gasteiger charge is -2.14. The lowest BCUT2D eigenvalue weighted by atomic mass is 10.0. The summed E-state index contributed by atoms with van der Waals surface area (Å²) < 4.78 is 12.4. The van der Waals surface area contributed by atoms with Gasteiger partial charge in [0.25, 0.3) is 5.91 Å². The van der Waals surface area contributed by atoms with Gasteiger partial charge in [-0.15, -0.1) is 10.2 Å². The van der Waals surface area contributed by atoms with Crippen molar-refractivity contribution in [3.63, 3.8) is 0 Å². The third-order valence-electron chi connectivity index (χ3n) is 5.23. The summed E-state index contributed by atoms with van der Waals surface area (Å²) in [7, 11) is 1.58. The van der Waals surface area contributed by atoms with Gasteiger partial charge in [0.2, 0.25) is 17.6 Å². The zero-order valence-corrected chi connectivity index (χ0v) is 16.6. The summed E-state index contributed by atoms with van der Waals surface area (Å²) >= 11 is 0. The minimum atomic E-state index is -0.169. The maximum Gasteiger partial charge on any atom is 0.270 e. The molecule has 1 aliphatic carbocycles. The summed E-state index contributed by atoms with van der Waals surface area (Å²) in [5, 5.41) is 11.2. The average Bonchev–Trinajstić information content (AvgIpc) is 3.46. The van der Waals surface area contributed by atoms with E-state index in [1.807, 2.05) is 31.3 Å². The normalized spacial score (nSPS) is 15.5. The number of nitrogens with zero attached hydrogens (tertiary/aromatic N) is 5. The largest absolute Gasteiger partial charge is 0.418 e. The van der Waals surface area contributed by atoms with Crippen LogP contribution in [0.3, 0.4) is 0 Å². The summed E-state index contributed by atoms with van der Waals surface area (Å²) in [4.78, 5) is 21.4. The van der Waals surface area contributed by atoms with Crippen LogP contribution < -0.4 is 5.32 Å². The fraction of sp³-hybridized carbons (Fsp3) is 0.286. The van der Waals surface area contributed by atoms with Gasteiger partial charge in [-0.25, -0.2) is 9.97 Å². The molecule has 0 spiro atoms.